The van der Waals surface area contributed by atoms with Crippen LogP contribution in [0.2, 0.25) is 0 Å². The van der Waals surface area contributed by atoms with Gasteiger partial charge in [0.05, 0.1) is 0 Å². The molecule has 120 valence electrons. The van der Waals surface area contributed by atoms with Crippen molar-refractivity contribution in [3.63, 3.8) is 0 Å². The maximum atomic E-state index is 13.6. The lowest BCUT2D eigenvalue weighted by atomic mass is 10.0. The zero-order chi connectivity index (χ0) is 17.2. The van der Waals surface area contributed by atoms with E-state index in [0.717, 1.165) is 17.7 Å². The van der Waals surface area contributed by atoms with Gasteiger partial charge < -0.3 is 5.32 Å². The summed E-state index contributed by atoms with van der Waals surface area (Å²) in [5.41, 5.74) is 1.86. The van der Waals surface area contributed by atoms with Crippen LogP contribution in [0.5, 0.6) is 0 Å². The standard InChI is InChI=1S/C16H15FN2O3S/c1-3-10-4-5-11(8-14(10)19-2)16(20)12-6-7-13(17)15(9-12)23(18,21)22/h3-9,19H,1H2,2H3,(H2,18,21,22). The third-order valence-electron chi connectivity index (χ3n) is 3.30. The Labute approximate surface area is 133 Å². The number of sulfonamides is 1. The molecule has 0 aliphatic rings. The lowest BCUT2D eigenvalue weighted by Gasteiger charge is -2.09. The summed E-state index contributed by atoms with van der Waals surface area (Å²) < 4.78 is 36.3. The highest BCUT2D eigenvalue weighted by molar-refractivity contribution is 7.89. The minimum absolute atomic E-state index is 0.0313. The molecule has 0 unspecified atom stereocenters. The van der Waals surface area contributed by atoms with Crippen molar-refractivity contribution in [1.29, 1.82) is 0 Å². The minimum atomic E-state index is -4.25. The predicted molar refractivity (Wildman–Crippen MR) is 87.3 cm³/mol. The highest BCUT2D eigenvalue weighted by Gasteiger charge is 2.18. The molecule has 3 N–H and O–H groups in total. The molecule has 0 spiro atoms. The highest BCUT2D eigenvalue weighted by atomic mass is 32.2. The second-order valence-corrected chi connectivity index (χ2v) is 6.31. The van der Waals surface area contributed by atoms with E-state index in [4.69, 9.17) is 5.14 Å². The maximum absolute atomic E-state index is 13.6. The van der Waals surface area contributed by atoms with Crippen molar-refractivity contribution in [2.45, 2.75) is 4.90 Å². The van der Waals surface area contributed by atoms with Crippen molar-refractivity contribution >= 4 is 27.6 Å². The van der Waals surface area contributed by atoms with Crippen LogP contribution in [-0.2, 0) is 10.0 Å². The molecule has 7 heteroatoms. The summed E-state index contributed by atoms with van der Waals surface area (Å²) in [6.45, 7) is 3.67. The van der Waals surface area contributed by atoms with E-state index in [-0.39, 0.29) is 5.56 Å². The largest absolute Gasteiger partial charge is 0.388 e. The van der Waals surface area contributed by atoms with Crippen molar-refractivity contribution in [2.75, 3.05) is 12.4 Å². The van der Waals surface area contributed by atoms with E-state index in [1.165, 1.54) is 6.07 Å². The van der Waals surface area contributed by atoms with Crippen molar-refractivity contribution in [2.24, 2.45) is 5.14 Å². The number of hydrogen-bond donors (Lipinski definition) is 2. The van der Waals surface area contributed by atoms with E-state index < -0.39 is 26.5 Å². The first kappa shape index (κ1) is 16.9. The zero-order valence-electron chi connectivity index (χ0n) is 12.3. The van der Waals surface area contributed by atoms with Gasteiger partial charge in [-0.15, -0.1) is 0 Å². The Morgan fingerprint density at radius 1 is 1.22 bits per heavy atom. The van der Waals surface area contributed by atoms with Crippen LogP contribution in [0.4, 0.5) is 10.1 Å². The Balaban J connectivity index is 2.51. The second kappa shape index (κ2) is 6.31. The lowest BCUT2D eigenvalue weighted by Crippen LogP contribution is -2.15. The number of nitrogens with one attached hydrogen (secondary N) is 1. The molecule has 2 rings (SSSR count). The molecule has 0 heterocycles. The van der Waals surface area contributed by atoms with Crippen molar-refractivity contribution < 1.29 is 17.6 Å². The molecular weight excluding hydrogens is 319 g/mol. The summed E-state index contributed by atoms with van der Waals surface area (Å²) in [4.78, 5) is 11.8. The van der Waals surface area contributed by atoms with E-state index in [1.54, 1.807) is 31.3 Å². The molecular formula is C16H15FN2O3S. The van der Waals surface area contributed by atoms with Gasteiger partial charge in [0.2, 0.25) is 10.0 Å². The predicted octanol–water partition coefficient (Wildman–Crippen LogP) is 2.39. The monoisotopic (exact) mass is 334 g/mol. The number of nitrogens with two attached hydrogens (primary N) is 1. The van der Waals surface area contributed by atoms with Gasteiger partial charge in [0.1, 0.15) is 10.7 Å². The number of primary sulfonamides is 1. The summed E-state index contributed by atoms with van der Waals surface area (Å²) in [5.74, 6) is -1.44. The number of rotatable bonds is 5. The molecule has 23 heavy (non-hydrogen) atoms. The van der Waals surface area contributed by atoms with Gasteiger partial charge in [-0.05, 0) is 29.8 Å². The second-order valence-electron chi connectivity index (χ2n) is 4.78. The first-order valence-electron chi connectivity index (χ1n) is 6.59. The van der Waals surface area contributed by atoms with Crippen molar-refractivity contribution in [3.8, 4) is 0 Å². The van der Waals surface area contributed by atoms with Gasteiger partial charge in [0, 0.05) is 23.9 Å². The van der Waals surface area contributed by atoms with Crippen molar-refractivity contribution in [1.82, 2.24) is 0 Å². The fourth-order valence-electron chi connectivity index (χ4n) is 2.12. The van der Waals surface area contributed by atoms with Gasteiger partial charge >= 0.3 is 0 Å². The Bertz CT molecular complexity index is 892. The van der Waals surface area contributed by atoms with Crippen LogP contribution < -0.4 is 10.5 Å². The minimum Gasteiger partial charge on any atom is -0.388 e. The van der Waals surface area contributed by atoms with E-state index in [2.05, 4.69) is 11.9 Å². The van der Waals surface area contributed by atoms with E-state index in [9.17, 15) is 17.6 Å². The zero-order valence-corrected chi connectivity index (χ0v) is 13.2. The molecule has 0 aromatic heterocycles. The molecule has 0 aliphatic heterocycles. The first-order chi connectivity index (χ1) is 10.8. The molecule has 0 radical (unpaired) electrons. The number of benzene rings is 2. The number of carbonyl (C=O) groups excluding carboxylic acids is 1. The Morgan fingerprint density at radius 2 is 1.83 bits per heavy atom. The summed E-state index contributed by atoms with van der Waals surface area (Å²) in [6, 6.07) is 7.96. The third kappa shape index (κ3) is 3.46. The van der Waals surface area contributed by atoms with E-state index in [1.807, 2.05) is 0 Å². The van der Waals surface area contributed by atoms with Gasteiger partial charge in [-0.25, -0.2) is 17.9 Å². The van der Waals surface area contributed by atoms with Gasteiger partial charge in [0.25, 0.3) is 0 Å². The average Bonchev–Trinajstić information content (AvgIpc) is 2.52. The van der Waals surface area contributed by atoms with Crippen LogP contribution >= 0.6 is 0 Å². The summed E-state index contributed by atoms with van der Waals surface area (Å²) >= 11 is 0. The van der Waals surface area contributed by atoms with Gasteiger partial charge in [0.15, 0.2) is 5.78 Å². The van der Waals surface area contributed by atoms with Gasteiger partial charge in [-0.3, -0.25) is 4.79 Å². The number of anilines is 1. The van der Waals surface area contributed by atoms with Crippen molar-refractivity contribution in [3.05, 3.63) is 65.5 Å². The molecule has 0 fully saturated rings. The topological polar surface area (TPSA) is 89.3 Å². The molecule has 0 saturated heterocycles. The SMILES string of the molecule is C=Cc1ccc(C(=O)c2ccc(F)c(S(N)(=O)=O)c2)cc1NC. The Hall–Kier alpha value is -2.51. The lowest BCUT2D eigenvalue weighted by molar-refractivity contribution is 0.103. The molecule has 5 nitrogen and oxygen atoms in total. The van der Waals surface area contributed by atoms with Crippen LogP contribution in [0.3, 0.4) is 0 Å². The van der Waals surface area contributed by atoms with Gasteiger partial charge in [-0.2, -0.15) is 0 Å². The molecule has 2 aromatic rings. The molecule has 0 aliphatic carbocycles. The number of hydrogen-bond acceptors (Lipinski definition) is 4. The molecule has 0 bridgehead atoms. The fraction of sp³-hybridized carbons (Fsp3) is 0.0625. The molecule has 2 aromatic carbocycles. The summed E-state index contributed by atoms with van der Waals surface area (Å²) in [7, 11) is -2.55. The summed E-state index contributed by atoms with van der Waals surface area (Å²) in [6.07, 6.45) is 1.64. The van der Waals surface area contributed by atoms with E-state index >= 15 is 0 Å². The smallest absolute Gasteiger partial charge is 0.240 e. The van der Waals surface area contributed by atoms with Crippen LogP contribution in [0.15, 0.2) is 47.9 Å². The highest BCUT2D eigenvalue weighted by Crippen LogP contribution is 2.22. The third-order valence-corrected chi connectivity index (χ3v) is 4.23. The van der Waals surface area contributed by atoms with Crippen LogP contribution in [0, 0.1) is 5.82 Å². The van der Waals surface area contributed by atoms with E-state index in [0.29, 0.717) is 11.3 Å². The Kier molecular flexibility index (Phi) is 4.63. The molecule has 0 saturated carbocycles. The molecule has 0 amide bonds. The Morgan fingerprint density at radius 3 is 2.39 bits per heavy atom. The summed E-state index contributed by atoms with van der Waals surface area (Å²) in [5, 5.41) is 7.89. The number of carbonyl (C=O) groups is 1. The quantitative estimate of drug-likeness (QED) is 0.822. The first-order valence-corrected chi connectivity index (χ1v) is 8.14. The number of halogens is 1. The maximum Gasteiger partial charge on any atom is 0.240 e. The van der Waals surface area contributed by atoms with Crippen LogP contribution in [-0.4, -0.2) is 21.2 Å². The van der Waals surface area contributed by atoms with Gasteiger partial charge in [-0.1, -0.05) is 24.8 Å². The van der Waals surface area contributed by atoms with Crippen LogP contribution in [0.25, 0.3) is 6.08 Å². The number of ketones is 1. The fourth-order valence-corrected chi connectivity index (χ4v) is 2.75. The molecule has 0 atom stereocenters. The normalized spacial score (nSPS) is 11.1. The average molecular weight is 334 g/mol. The van der Waals surface area contributed by atoms with Crippen LogP contribution in [0.1, 0.15) is 21.5 Å².